The van der Waals surface area contributed by atoms with E-state index >= 15 is 0 Å². The Kier molecular flexibility index (Phi) is 4.02. The number of aliphatic hydroxyl groups is 1. The lowest BCUT2D eigenvalue weighted by Crippen LogP contribution is -2.16. The molecule has 0 saturated heterocycles. The number of hydrogen-bond acceptors (Lipinski definition) is 4. The average molecular weight is 231 g/mol. The smallest absolute Gasteiger partial charge is 0.269 e. The first-order valence-electron chi connectivity index (χ1n) is 4.35. The molecule has 0 radical (unpaired) electrons. The summed E-state index contributed by atoms with van der Waals surface area (Å²) in [6, 6.07) is 4.10. The van der Waals surface area contributed by atoms with Crippen LogP contribution < -0.4 is 5.73 Å². The van der Waals surface area contributed by atoms with Gasteiger partial charge in [-0.1, -0.05) is 11.6 Å². The first-order valence-corrected chi connectivity index (χ1v) is 4.72. The predicted octanol–water partition coefficient (Wildman–Crippen LogP) is 1.28. The molecule has 1 unspecified atom stereocenters. The highest BCUT2D eigenvalue weighted by Gasteiger charge is 2.16. The molecule has 82 valence electrons. The van der Waals surface area contributed by atoms with Crippen LogP contribution in [0.1, 0.15) is 11.5 Å². The van der Waals surface area contributed by atoms with Crippen LogP contribution in [-0.4, -0.2) is 23.2 Å². The Labute approximate surface area is 91.6 Å². The minimum atomic E-state index is -0.509. The zero-order valence-electron chi connectivity index (χ0n) is 7.89. The summed E-state index contributed by atoms with van der Waals surface area (Å²) >= 11 is 5.86. The van der Waals surface area contributed by atoms with Gasteiger partial charge in [-0.2, -0.15) is 0 Å². The molecule has 0 heterocycles. The molecule has 15 heavy (non-hydrogen) atoms. The van der Waals surface area contributed by atoms with Gasteiger partial charge in [-0.3, -0.25) is 10.1 Å². The molecule has 0 aliphatic carbocycles. The van der Waals surface area contributed by atoms with Crippen LogP contribution in [0.5, 0.6) is 0 Å². The molecule has 1 atom stereocenters. The van der Waals surface area contributed by atoms with Gasteiger partial charge in [-0.15, -0.1) is 0 Å². The lowest BCUT2D eigenvalue weighted by atomic mass is 9.99. The molecule has 0 amide bonds. The Morgan fingerprint density at radius 1 is 1.60 bits per heavy atom. The number of non-ortho nitro benzene ring substituents is 1. The highest BCUT2D eigenvalue weighted by atomic mass is 35.5. The topological polar surface area (TPSA) is 89.4 Å². The average Bonchev–Trinajstić information content (AvgIpc) is 2.22. The molecule has 0 bridgehead atoms. The molecule has 0 fully saturated rings. The molecular formula is C9H11ClN2O3. The van der Waals surface area contributed by atoms with Crippen LogP contribution in [-0.2, 0) is 0 Å². The largest absolute Gasteiger partial charge is 0.396 e. The lowest BCUT2D eigenvalue weighted by Gasteiger charge is -2.13. The first kappa shape index (κ1) is 11.9. The number of nitro benzene ring substituents is 1. The van der Waals surface area contributed by atoms with Gasteiger partial charge in [0.05, 0.1) is 11.5 Å². The number of benzene rings is 1. The zero-order chi connectivity index (χ0) is 11.4. The third kappa shape index (κ3) is 2.65. The van der Waals surface area contributed by atoms with Crippen molar-refractivity contribution in [1.82, 2.24) is 0 Å². The zero-order valence-corrected chi connectivity index (χ0v) is 8.65. The Morgan fingerprint density at radius 3 is 2.73 bits per heavy atom. The van der Waals surface area contributed by atoms with Crippen LogP contribution in [0, 0.1) is 10.1 Å². The standard InChI is InChI=1S/C9H11ClN2O3/c10-9-2-1-7(12(14)15)3-8(9)6(4-11)5-13/h1-3,6,13H,4-5,11H2. The summed E-state index contributed by atoms with van der Waals surface area (Å²) in [5, 5.41) is 19.9. The van der Waals surface area contributed by atoms with Crippen molar-refractivity contribution in [1.29, 1.82) is 0 Å². The maximum absolute atomic E-state index is 10.5. The Balaban J connectivity index is 3.15. The Morgan fingerprint density at radius 2 is 2.27 bits per heavy atom. The fraction of sp³-hybridized carbons (Fsp3) is 0.333. The first-order chi connectivity index (χ1) is 7.10. The predicted molar refractivity (Wildman–Crippen MR) is 57.0 cm³/mol. The molecule has 0 aliphatic rings. The van der Waals surface area contributed by atoms with Crippen molar-refractivity contribution >= 4 is 17.3 Å². The van der Waals surface area contributed by atoms with E-state index in [2.05, 4.69) is 0 Å². The van der Waals surface area contributed by atoms with Crippen LogP contribution in [0.3, 0.4) is 0 Å². The van der Waals surface area contributed by atoms with E-state index in [0.29, 0.717) is 10.6 Å². The fourth-order valence-electron chi connectivity index (χ4n) is 1.26. The highest BCUT2D eigenvalue weighted by Crippen LogP contribution is 2.27. The Bertz CT molecular complexity index is 366. The van der Waals surface area contributed by atoms with Gasteiger partial charge >= 0.3 is 0 Å². The van der Waals surface area contributed by atoms with Gasteiger partial charge in [-0.05, 0) is 11.6 Å². The molecule has 3 N–H and O–H groups in total. The Hall–Kier alpha value is -1.17. The number of rotatable bonds is 4. The highest BCUT2D eigenvalue weighted by molar-refractivity contribution is 6.31. The van der Waals surface area contributed by atoms with Crippen LogP contribution >= 0.6 is 11.6 Å². The van der Waals surface area contributed by atoms with E-state index in [9.17, 15) is 10.1 Å². The molecular weight excluding hydrogens is 220 g/mol. The maximum Gasteiger partial charge on any atom is 0.269 e. The third-order valence-electron chi connectivity index (χ3n) is 2.14. The number of halogens is 1. The van der Waals surface area contributed by atoms with Crippen molar-refractivity contribution in [2.75, 3.05) is 13.2 Å². The fourth-order valence-corrected chi connectivity index (χ4v) is 1.53. The molecule has 1 rings (SSSR count). The lowest BCUT2D eigenvalue weighted by molar-refractivity contribution is -0.384. The van der Waals surface area contributed by atoms with Crippen molar-refractivity contribution in [2.24, 2.45) is 5.73 Å². The van der Waals surface area contributed by atoms with E-state index < -0.39 is 4.92 Å². The summed E-state index contributed by atoms with van der Waals surface area (Å²) in [5.74, 6) is -0.364. The van der Waals surface area contributed by atoms with Crippen molar-refractivity contribution in [2.45, 2.75) is 5.92 Å². The van der Waals surface area contributed by atoms with Crippen molar-refractivity contribution < 1.29 is 10.0 Å². The third-order valence-corrected chi connectivity index (χ3v) is 2.48. The van der Waals surface area contributed by atoms with E-state index in [1.807, 2.05) is 0 Å². The van der Waals surface area contributed by atoms with E-state index in [0.717, 1.165) is 0 Å². The number of nitrogens with zero attached hydrogens (tertiary/aromatic N) is 1. The van der Waals surface area contributed by atoms with Crippen LogP contribution in [0.25, 0.3) is 0 Å². The van der Waals surface area contributed by atoms with Gasteiger partial charge in [0.25, 0.3) is 5.69 Å². The number of aliphatic hydroxyl groups excluding tert-OH is 1. The normalized spacial score (nSPS) is 12.5. The van der Waals surface area contributed by atoms with E-state index in [1.165, 1.54) is 18.2 Å². The van der Waals surface area contributed by atoms with E-state index in [-0.39, 0.29) is 24.8 Å². The maximum atomic E-state index is 10.5. The van der Waals surface area contributed by atoms with Crippen molar-refractivity contribution in [3.63, 3.8) is 0 Å². The number of hydrogen-bond donors (Lipinski definition) is 2. The molecule has 1 aromatic carbocycles. The SMILES string of the molecule is NCC(CO)c1cc([N+](=O)[O-])ccc1Cl. The molecule has 5 nitrogen and oxygen atoms in total. The second kappa shape index (κ2) is 5.06. The summed E-state index contributed by atoms with van der Waals surface area (Å²) in [4.78, 5) is 10.0. The summed E-state index contributed by atoms with van der Waals surface area (Å²) in [6.45, 7) is 0.00871. The van der Waals surface area contributed by atoms with Crippen molar-refractivity contribution in [3.05, 3.63) is 38.9 Å². The molecule has 0 aliphatic heterocycles. The van der Waals surface area contributed by atoms with Crippen LogP contribution in [0.2, 0.25) is 5.02 Å². The molecule has 1 aromatic rings. The van der Waals surface area contributed by atoms with Crippen molar-refractivity contribution in [3.8, 4) is 0 Å². The minimum absolute atomic E-state index is 0.0544. The van der Waals surface area contributed by atoms with Gasteiger partial charge in [0, 0.05) is 29.6 Å². The van der Waals surface area contributed by atoms with Gasteiger partial charge in [0.1, 0.15) is 0 Å². The summed E-state index contributed by atoms with van der Waals surface area (Å²) < 4.78 is 0. The molecule has 0 spiro atoms. The quantitative estimate of drug-likeness (QED) is 0.602. The molecule has 6 heteroatoms. The van der Waals surface area contributed by atoms with Gasteiger partial charge in [-0.25, -0.2) is 0 Å². The molecule has 0 saturated carbocycles. The second-order valence-electron chi connectivity index (χ2n) is 3.08. The van der Waals surface area contributed by atoms with E-state index in [4.69, 9.17) is 22.4 Å². The monoisotopic (exact) mass is 230 g/mol. The van der Waals surface area contributed by atoms with Crippen LogP contribution in [0.4, 0.5) is 5.69 Å². The number of nitrogens with two attached hydrogens (primary N) is 1. The summed E-state index contributed by atoms with van der Waals surface area (Å²) in [7, 11) is 0. The molecule has 0 aromatic heterocycles. The summed E-state index contributed by atoms with van der Waals surface area (Å²) in [5.41, 5.74) is 5.88. The second-order valence-corrected chi connectivity index (χ2v) is 3.49. The van der Waals surface area contributed by atoms with Gasteiger partial charge in [0.15, 0.2) is 0 Å². The van der Waals surface area contributed by atoms with Crippen LogP contribution in [0.15, 0.2) is 18.2 Å². The summed E-state index contributed by atoms with van der Waals surface area (Å²) in [6.07, 6.45) is 0. The van der Waals surface area contributed by atoms with Gasteiger partial charge < -0.3 is 10.8 Å². The van der Waals surface area contributed by atoms with E-state index in [1.54, 1.807) is 0 Å². The minimum Gasteiger partial charge on any atom is -0.396 e. The van der Waals surface area contributed by atoms with Gasteiger partial charge in [0.2, 0.25) is 0 Å². The number of nitro groups is 1.